The topological polar surface area (TPSA) is 60.7 Å². The van der Waals surface area contributed by atoms with Gasteiger partial charge in [-0.15, -0.1) is 0 Å². The SMILES string of the molecule is CC12C=C3CCC4C(C)(CO)C(O)CCC4(C)C3CCC1C1(C)CCC(O)C(C)(C)C1CC2. The Kier molecular flexibility index (Phi) is 5.57. The number of rotatable bonds is 1. The summed E-state index contributed by atoms with van der Waals surface area (Å²) in [6, 6.07) is 0. The Labute approximate surface area is 202 Å². The van der Waals surface area contributed by atoms with Gasteiger partial charge in [-0.05, 0) is 110 Å². The fraction of sp³-hybridized carbons (Fsp3) is 0.933. The Balaban J connectivity index is 1.51. The molecule has 0 radical (unpaired) electrons. The van der Waals surface area contributed by atoms with Crippen LogP contribution in [0.4, 0.5) is 0 Å². The minimum atomic E-state index is -0.382. The van der Waals surface area contributed by atoms with Gasteiger partial charge in [-0.2, -0.15) is 0 Å². The maximum Gasteiger partial charge on any atom is 0.0618 e. The van der Waals surface area contributed by atoms with Gasteiger partial charge in [0.25, 0.3) is 0 Å². The molecule has 188 valence electrons. The van der Waals surface area contributed by atoms with E-state index in [1.54, 1.807) is 5.57 Å². The van der Waals surface area contributed by atoms with Gasteiger partial charge >= 0.3 is 0 Å². The highest BCUT2D eigenvalue weighted by Crippen LogP contribution is 2.69. The van der Waals surface area contributed by atoms with Crippen molar-refractivity contribution in [1.82, 2.24) is 0 Å². The summed E-state index contributed by atoms with van der Waals surface area (Å²) >= 11 is 0. The van der Waals surface area contributed by atoms with Crippen LogP contribution in [-0.2, 0) is 0 Å². The predicted molar refractivity (Wildman–Crippen MR) is 134 cm³/mol. The van der Waals surface area contributed by atoms with Crippen LogP contribution < -0.4 is 0 Å². The van der Waals surface area contributed by atoms with E-state index in [2.05, 4.69) is 47.6 Å². The van der Waals surface area contributed by atoms with E-state index in [1.807, 2.05) is 0 Å². The maximum absolute atomic E-state index is 10.9. The molecule has 0 bridgehead atoms. The van der Waals surface area contributed by atoms with Crippen molar-refractivity contribution in [2.75, 3.05) is 6.61 Å². The molecule has 0 amide bonds. The summed E-state index contributed by atoms with van der Waals surface area (Å²) in [4.78, 5) is 0. The van der Waals surface area contributed by atoms with Crippen molar-refractivity contribution in [3.8, 4) is 0 Å². The van der Waals surface area contributed by atoms with Crippen LogP contribution >= 0.6 is 0 Å². The lowest BCUT2D eigenvalue weighted by atomic mass is 9.42. The second-order valence-corrected chi connectivity index (χ2v) is 14.7. The average Bonchev–Trinajstić information content (AvgIpc) is 2.91. The molecule has 33 heavy (non-hydrogen) atoms. The van der Waals surface area contributed by atoms with Gasteiger partial charge in [0, 0.05) is 5.41 Å². The van der Waals surface area contributed by atoms with Gasteiger partial charge in [0.05, 0.1) is 18.8 Å². The fourth-order valence-corrected chi connectivity index (χ4v) is 11.0. The van der Waals surface area contributed by atoms with Gasteiger partial charge in [0.2, 0.25) is 0 Å². The van der Waals surface area contributed by atoms with E-state index in [-0.39, 0.29) is 40.5 Å². The molecule has 0 heterocycles. The van der Waals surface area contributed by atoms with Gasteiger partial charge in [-0.25, -0.2) is 0 Å². The Morgan fingerprint density at radius 3 is 2.09 bits per heavy atom. The van der Waals surface area contributed by atoms with E-state index in [4.69, 9.17) is 0 Å². The van der Waals surface area contributed by atoms with Crippen molar-refractivity contribution in [3.63, 3.8) is 0 Å². The first-order valence-corrected chi connectivity index (χ1v) is 14.0. The summed E-state index contributed by atoms with van der Waals surface area (Å²) in [5.41, 5.74) is 2.05. The quantitative estimate of drug-likeness (QED) is 0.415. The minimum Gasteiger partial charge on any atom is -0.396 e. The lowest BCUT2D eigenvalue weighted by Crippen LogP contribution is -2.58. The van der Waals surface area contributed by atoms with E-state index < -0.39 is 0 Å². The van der Waals surface area contributed by atoms with Crippen LogP contribution in [0.1, 0.15) is 106 Å². The molecule has 5 aliphatic carbocycles. The zero-order chi connectivity index (χ0) is 24.0. The van der Waals surface area contributed by atoms with Gasteiger partial charge in [-0.3, -0.25) is 0 Å². The van der Waals surface area contributed by atoms with Crippen LogP contribution in [0.5, 0.6) is 0 Å². The number of hydrogen-bond acceptors (Lipinski definition) is 3. The highest BCUT2D eigenvalue weighted by atomic mass is 16.3. The molecule has 10 unspecified atom stereocenters. The highest BCUT2D eigenvalue weighted by molar-refractivity contribution is 5.26. The van der Waals surface area contributed by atoms with Crippen LogP contribution in [0, 0.1) is 50.7 Å². The largest absolute Gasteiger partial charge is 0.396 e. The van der Waals surface area contributed by atoms with Crippen molar-refractivity contribution in [2.45, 2.75) is 118 Å². The van der Waals surface area contributed by atoms with E-state index in [0.717, 1.165) is 38.5 Å². The molecule has 10 atom stereocenters. The Morgan fingerprint density at radius 1 is 0.727 bits per heavy atom. The molecule has 0 aromatic carbocycles. The molecule has 3 nitrogen and oxygen atoms in total. The summed E-state index contributed by atoms with van der Waals surface area (Å²) < 4.78 is 0. The summed E-state index contributed by atoms with van der Waals surface area (Å²) in [6.45, 7) is 14.5. The Bertz CT molecular complexity index is 817. The Morgan fingerprint density at radius 2 is 1.39 bits per heavy atom. The molecule has 4 fully saturated rings. The number of aliphatic hydroxyl groups excluding tert-OH is 3. The van der Waals surface area contributed by atoms with Crippen LogP contribution in [0.25, 0.3) is 0 Å². The monoisotopic (exact) mass is 458 g/mol. The molecule has 0 aromatic heterocycles. The molecule has 5 aliphatic rings. The lowest BCUT2D eigenvalue weighted by molar-refractivity contribution is -0.165. The van der Waals surface area contributed by atoms with Crippen LogP contribution in [-0.4, -0.2) is 34.1 Å². The van der Waals surface area contributed by atoms with Crippen LogP contribution in [0.15, 0.2) is 11.6 Å². The van der Waals surface area contributed by atoms with Crippen molar-refractivity contribution in [3.05, 3.63) is 11.6 Å². The first-order chi connectivity index (χ1) is 15.3. The summed E-state index contributed by atoms with van der Waals surface area (Å²) in [6.07, 6.45) is 13.5. The molecule has 5 rings (SSSR count). The fourth-order valence-electron chi connectivity index (χ4n) is 11.0. The molecule has 0 saturated heterocycles. The first kappa shape index (κ1) is 24.3. The van der Waals surface area contributed by atoms with E-state index >= 15 is 0 Å². The standard InChI is InChI=1S/C30H50O3/c1-26(2)21-11-14-27(3)17-19-7-9-23-28(4,15-13-25(33)30(23,6)18-31)20(19)8-10-22(27)29(21,5)16-12-24(26)32/h17,20-25,31-33H,7-16,18H2,1-6H3. The van der Waals surface area contributed by atoms with Crippen molar-refractivity contribution >= 4 is 0 Å². The first-order valence-electron chi connectivity index (χ1n) is 14.0. The molecule has 3 N–H and O–H groups in total. The van der Waals surface area contributed by atoms with E-state index in [0.29, 0.717) is 29.1 Å². The molecule has 0 aliphatic heterocycles. The highest BCUT2D eigenvalue weighted by Gasteiger charge is 2.63. The van der Waals surface area contributed by atoms with Gasteiger partial charge in [-0.1, -0.05) is 53.2 Å². The minimum absolute atomic E-state index is 0.0000589. The average molecular weight is 459 g/mol. The van der Waals surface area contributed by atoms with Crippen molar-refractivity contribution < 1.29 is 15.3 Å². The Hall–Kier alpha value is -0.380. The predicted octanol–water partition coefficient (Wildman–Crippen LogP) is 6.11. The third-order valence-corrected chi connectivity index (χ3v) is 12.9. The maximum atomic E-state index is 10.9. The van der Waals surface area contributed by atoms with Crippen molar-refractivity contribution in [1.29, 1.82) is 0 Å². The van der Waals surface area contributed by atoms with Crippen LogP contribution in [0.2, 0.25) is 0 Å². The molecular weight excluding hydrogens is 408 g/mol. The second-order valence-electron chi connectivity index (χ2n) is 14.7. The molecular formula is C30H50O3. The lowest BCUT2D eigenvalue weighted by Gasteiger charge is -2.63. The smallest absolute Gasteiger partial charge is 0.0618 e. The number of aliphatic hydroxyl groups is 3. The normalized spacial score (nSPS) is 55.8. The van der Waals surface area contributed by atoms with E-state index in [1.165, 1.54) is 25.7 Å². The molecule has 0 spiro atoms. The number of fused-ring (bicyclic) bond motifs is 6. The van der Waals surface area contributed by atoms with Crippen LogP contribution in [0.3, 0.4) is 0 Å². The molecule has 4 saturated carbocycles. The second kappa shape index (κ2) is 7.56. The van der Waals surface area contributed by atoms with Gasteiger partial charge in [0.1, 0.15) is 0 Å². The van der Waals surface area contributed by atoms with Crippen molar-refractivity contribution in [2.24, 2.45) is 50.7 Å². The summed E-state index contributed by atoms with van der Waals surface area (Å²) in [7, 11) is 0. The zero-order valence-corrected chi connectivity index (χ0v) is 22.2. The third kappa shape index (κ3) is 3.17. The molecule has 0 aromatic rings. The van der Waals surface area contributed by atoms with Gasteiger partial charge in [0.15, 0.2) is 0 Å². The zero-order valence-electron chi connectivity index (χ0n) is 22.2. The number of hydrogen-bond donors (Lipinski definition) is 3. The third-order valence-electron chi connectivity index (χ3n) is 12.9. The van der Waals surface area contributed by atoms with E-state index in [9.17, 15) is 15.3 Å². The molecule has 3 heteroatoms. The number of allylic oxidation sites excluding steroid dienone is 2. The summed E-state index contributed by atoms with van der Waals surface area (Å²) in [5, 5.41) is 32.1. The van der Waals surface area contributed by atoms with Gasteiger partial charge < -0.3 is 15.3 Å². The summed E-state index contributed by atoms with van der Waals surface area (Å²) in [5.74, 6) is 2.24.